The molecule has 0 aromatic rings. The van der Waals surface area contributed by atoms with Crippen molar-refractivity contribution in [1.29, 1.82) is 0 Å². The van der Waals surface area contributed by atoms with Gasteiger partial charge in [0.05, 0.1) is 13.2 Å². The number of carboxylic acid groups (broad SMARTS) is 1. The van der Waals surface area contributed by atoms with Gasteiger partial charge >= 0.3 is 5.97 Å². The standard InChI is InChI=1S/C7H16O6.C6H14N2O2/c1-13-3-5(10)7(12)6(11)4(9)2-8;7-4-2-1-3-5(8)6(9)10/h4-12H,2-3H2,1H3;5H,1-4,7-8H2,(H,9,10). The van der Waals surface area contributed by atoms with Crippen molar-refractivity contribution < 1.29 is 40.2 Å². The normalized spacial score (nSPS) is 17.4. The Kier molecular flexibility index (Phi) is 15.6. The van der Waals surface area contributed by atoms with Gasteiger partial charge in [-0.05, 0) is 19.4 Å². The number of aliphatic carboxylic acids is 1. The number of methoxy groups -OCH3 is 1. The molecule has 140 valence electrons. The Labute approximate surface area is 135 Å². The molecule has 23 heavy (non-hydrogen) atoms. The number of aliphatic hydroxyl groups is 5. The Morgan fingerprint density at radius 1 is 1.09 bits per heavy atom. The summed E-state index contributed by atoms with van der Waals surface area (Å²) >= 11 is 0. The lowest BCUT2D eigenvalue weighted by atomic mass is 10.0. The molecule has 0 aliphatic rings. The van der Waals surface area contributed by atoms with Gasteiger partial charge in [0.15, 0.2) is 0 Å². The van der Waals surface area contributed by atoms with Crippen LogP contribution in [0.25, 0.3) is 0 Å². The monoisotopic (exact) mass is 342 g/mol. The maximum Gasteiger partial charge on any atom is 0.320 e. The minimum absolute atomic E-state index is 0.156. The largest absolute Gasteiger partial charge is 0.480 e. The third kappa shape index (κ3) is 12.3. The first-order valence-corrected chi connectivity index (χ1v) is 7.23. The molecule has 0 heterocycles. The van der Waals surface area contributed by atoms with E-state index in [2.05, 4.69) is 4.74 Å². The zero-order chi connectivity index (χ0) is 18.4. The predicted molar refractivity (Wildman–Crippen MR) is 81.5 cm³/mol. The maximum atomic E-state index is 10.1. The summed E-state index contributed by atoms with van der Waals surface area (Å²) in [4.78, 5) is 10.1. The predicted octanol–water partition coefficient (Wildman–Crippen LogP) is -3.40. The second-order valence-corrected chi connectivity index (χ2v) is 4.98. The lowest BCUT2D eigenvalue weighted by molar-refractivity contribution is -0.138. The van der Waals surface area contributed by atoms with Crippen LogP contribution in [0, 0.1) is 0 Å². The van der Waals surface area contributed by atoms with Crippen molar-refractivity contribution in [2.75, 3.05) is 26.9 Å². The van der Waals surface area contributed by atoms with Gasteiger partial charge in [0.25, 0.3) is 0 Å². The molecule has 0 saturated heterocycles. The fourth-order valence-electron chi connectivity index (χ4n) is 1.46. The second-order valence-electron chi connectivity index (χ2n) is 4.98. The van der Waals surface area contributed by atoms with Crippen LogP contribution in [0.15, 0.2) is 0 Å². The average molecular weight is 342 g/mol. The lowest BCUT2D eigenvalue weighted by Gasteiger charge is -2.24. The van der Waals surface area contributed by atoms with E-state index in [4.69, 9.17) is 42.1 Å². The summed E-state index contributed by atoms with van der Waals surface area (Å²) in [5, 5.41) is 53.0. The van der Waals surface area contributed by atoms with Crippen molar-refractivity contribution >= 4 is 5.97 Å². The van der Waals surface area contributed by atoms with E-state index in [0.29, 0.717) is 13.0 Å². The number of nitrogens with two attached hydrogens (primary N) is 2. The summed E-state index contributed by atoms with van der Waals surface area (Å²) < 4.78 is 4.52. The van der Waals surface area contributed by atoms with Crippen molar-refractivity contribution in [3.63, 3.8) is 0 Å². The van der Waals surface area contributed by atoms with Gasteiger partial charge in [-0.1, -0.05) is 6.42 Å². The fourth-order valence-corrected chi connectivity index (χ4v) is 1.46. The number of ether oxygens (including phenoxy) is 1. The first-order chi connectivity index (χ1) is 10.7. The Balaban J connectivity index is 0. The molecule has 0 bridgehead atoms. The van der Waals surface area contributed by atoms with Crippen LogP contribution in [0.5, 0.6) is 0 Å². The van der Waals surface area contributed by atoms with Crippen LogP contribution >= 0.6 is 0 Å². The van der Waals surface area contributed by atoms with Crippen LogP contribution in [0.4, 0.5) is 0 Å². The number of carbonyl (C=O) groups is 1. The number of hydrogen-bond acceptors (Lipinski definition) is 9. The minimum atomic E-state index is -1.59. The van der Waals surface area contributed by atoms with E-state index in [1.54, 1.807) is 0 Å². The molecule has 5 atom stereocenters. The molecule has 0 aliphatic carbocycles. The summed E-state index contributed by atoms with van der Waals surface area (Å²) in [5.41, 5.74) is 10.4. The third-order valence-electron chi connectivity index (χ3n) is 2.95. The number of hydrogen-bond donors (Lipinski definition) is 8. The van der Waals surface area contributed by atoms with Gasteiger partial charge in [0.1, 0.15) is 30.5 Å². The van der Waals surface area contributed by atoms with Gasteiger partial charge in [0.2, 0.25) is 0 Å². The highest BCUT2D eigenvalue weighted by atomic mass is 16.5. The lowest BCUT2D eigenvalue weighted by Crippen LogP contribution is -2.47. The maximum absolute atomic E-state index is 10.1. The highest BCUT2D eigenvalue weighted by Gasteiger charge is 2.29. The van der Waals surface area contributed by atoms with E-state index in [-0.39, 0.29) is 6.61 Å². The fraction of sp³-hybridized carbons (Fsp3) is 0.923. The molecule has 0 aromatic carbocycles. The Morgan fingerprint density at radius 3 is 2.00 bits per heavy atom. The van der Waals surface area contributed by atoms with Gasteiger partial charge in [-0.2, -0.15) is 0 Å². The summed E-state index contributed by atoms with van der Waals surface area (Å²) in [6.45, 7) is -0.235. The molecule has 10 heteroatoms. The van der Waals surface area contributed by atoms with E-state index >= 15 is 0 Å². The van der Waals surface area contributed by atoms with Crippen molar-refractivity contribution in [2.45, 2.75) is 49.7 Å². The Hall–Kier alpha value is -0.850. The van der Waals surface area contributed by atoms with E-state index in [0.717, 1.165) is 12.8 Å². The first kappa shape index (κ1) is 24.4. The molecule has 0 saturated carbocycles. The van der Waals surface area contributed by atoms with Crippen LogP contribution in [-0.2, 0) is 9.53 Å². The number of carboxylic acids is 1. The van der Waals surface area contributed by atoms with Crippen LogP contribution in [0.1, 0.15) is 19.3 Å². The van der Waals surface area contributed by atoms with Gasteiger partial charge in [-0.3, -0.25) is 4.79 Å². The van der Waals surface area contributed by atoms with Crippen molar-refractivity contribution in [1.82, 2.24) is 0 Å². The highest BCUT2D eigenvalue weighted by molar-refractivity contribution is 5.72. The van der Waals surface area contributed by atoms with Crippen LogP contribution in [0.2, 0.25) is 0 Å². The van der Waals surface area contributed by atoms with Crippen LogP contribution in [0.3, 0.4) is 0 Å². The summed E-state index contributed by atoms with van der Waals surface area (Å²) in [5.74, 6) is -0.933. The molecule has 10 N–H and O–H groups in total. The molecule has 0 radical (unpaired) electrons. The number of unbranched alkanes of at least 4 members (excludes halogenated alkanes) is 1. The average Bonchev–Trinajstić information content (AvgIpc) is 2.53. The zero-order valence-electron chi connectivity index (χ0n) is 13.3. The Morgan fingerprint density at radius 2 is 1.61 bits per heavy atom. The number of aliphatic hydroxyl groups excluding tert-OH is 5. The molecule has 5 unspecified atom stereocenters. The van der Waals surface area contributed by atoms with Gasteiger partial charge in [-0.25, -0.2) is 0 Å². The van der Waals surface area contributed by atoms with Crippen LogP contribution in [-0.4, -0.2) is 93.9 Å². The minimum Gasteiger partial charge on any atom is -0.480 e. The smallest absolute Gasteiger partial charge is 0.320 e. The zero-order valence-corrected chi connectivity index (χ0v) is 13.3. The van der Waals surface area contributed by atoms with E-state index in [1.165, 1.54) is 7.11 Å². The van der Waals surface area contributed by atoms with Gasteiger partial charge in [0, 0.05) is 7.11 Å². The third-order valence-corrected chi connectivity index (χ3v) is 2.95. The number of rotatable bonds is 11. The molecule has 0 aliphatic heterocycles. The summed E-state index contributed by atoms with van der Waals surface area (Å²) in [6.07, 6.45) is -3.72. The van der Waals surface area contributed by atoms with Gasteiger partial charge < -0.3 is 46.8 Å². The van der Waals surface area contributed by atoms with Crippen molar-refractivity contribution in [2.24, 2.45) is 11.5 Å². The highest BCUT2D eigenvalue weighted by Crippen LogP contribution is 2.05. The molecular formula is C13H30N2O8. The molecule has 0 aromatic heterocycles. The first-order valence-electron chi connectivity index (χ1n) is 7.23. The second kappa shape index (κ2) is 14.7. The molecule has 0 amide bonds. The molecule has 10 nitrogen and oxygen atoms in total. The SMILES string of the molecule is COCC(O)C(O)C(O)C(O)CO.NCCCCC(N)C(=O)O. The van der Waals surface area contributed by atoms with Gasteiger partial charge in [-0.15, -0.1) is 0 Å². The molecule has 0 fully saturated rings. The van der Waals surface area contributed by atoms with E-state index in [9.17, 15) is 4.79 Å². The van der Waals surface area contributed by atoms with Crippen molar-refractivity contribution in [3.8, 4) is 0 Å². The van der Waals surface area contributed by atoms with Crippen molar-refractivity contribution in [3.05, 3.63) is 0 Å². The van der Waals surface area contributed by atoms with E-state index < -0.39 is 43.0 Å². The quantitative estimate of drug-likeness (QED) is 0.175. The molecule has 0 spiro atoms. The summed E-state index contributed by atoms with van der Waals surface area (Å²) in [6, 6.07) is -0.716. The molecule has 0 rings (SSSR count). The Bertz CT molecular complexity index is 295. The topological polar surface area (TPSA) is 200 Å². The molecular weight excluding hydrogens is 312 g/mol. The van der Waals surface area contributed by atoms with Crippen LogP contribution < -0.4 is 11.5 Å². The summed E-state index contributed by atoms with van der Waals surface area (Å²) in [7, 11) is 1.32. The van der Waals surface area contributed by atoms with E-state index in [1.807, 2.05) is 0 Å².